The fourth-order valence-electron chi connectivity index (χ4n) is 2.91. The maximum atomic E-state index is 13.1. The van der Waals surface area contributed by atoms with E-state index in [1.165, 1.54) is 12.1 Å². The Morgan fingerprint density at radius 2 is 1.96 bits per heavy atom. The van der Waals surface area contributed by atoms with Crippen molar-refractivity contribution in [2.24, 2.45) is 5.73 Å². The predicted molar refractivity (Wildman–Crippen MR) is 107 cm³/mol. The topological polar surface area (TPSA) is 61.6 Å². The number of hydrogen-bond donors (Lipinski definition) is 2. The van der Waals surface area contributed by atoms with Crippen molar-refractivity contribution in [3.8, 4) is 0 Å². The Labute approximate surface area is 159 Å². The molecule has 1 fully saturated rings. The van der Waals surface area contributed by atoms with Crippen molar-refractivity contribution in [3.63, 3.8) is 0 Å². The first-order chi connectivity index (χ1) is 12.5. The van der Waals surface area contributed by atoms with Crippen molar-refractivity contribution in [1.82, 2.24) is 15.1 Å². The second-order valence-electron chi connectivity index (χ2n) is 6.31. The van der Waals surface area contributed by atoms with Crippen molar-refractivity contribution >= 4 is 23.4 Å². The molecule has 0 spiro atoms. The molecule has 0 saturated carbocycles. The zero-order valence-corrected chi connectivity index (χ0v) is 16.2. The molecule has 0 aromatic heterocycles. The van der Waals surface area contributed by atoms with Crippen LogP contribution in [0, 0.1) is 5.82 Å². The Morgan fingerprint density at radius 3 is 2.54 bits per heavy atom. The lowest BCUT2D eigenvalue weighted by molar-refractivity contribution is -0.134. The van der Waals surface area contributed by atoms with Crippen LogP contribution in [0.2, 0.25) is 0 Å². The number of piperazine rings is 1. The minimum atomic E-state index is -0.364. The summed E-state index contributed by atoms with van der Waals surface area (Å²) in [7, 11) is 0. The van der Waals surface area contributed by atoms with Crippen LogP contribution in [0.3, 0.4) is 0 Å². The van der Waals surface area contributed by atoms with Crippen molar-refractivity contribution < 1.29 is 9.18 Å². The molecule has 26 heavy (non-hydrogen) atoms. The van der Waals surface area contributed by atoms with Crippen LogP contribution in [0.5, 0.6) is 0 Å². The standard InChI is InChI=1S/C19H29FN4OS/c1-3-23-9-11-24(12-10-23)19(25)18(14-26-13-8-21)22-15(2)16-4-6-17(20)7-5-16/h4-7,18,22H,2-3,8-14,21H2,1H3/t18-/m0/s1. The zero-order chi connectivity index (χ0) is 18.9. The quantitative estimate of drug-likeness (QED) is 0.638. The summed E-state index contributed by atoms with van der Waals surface area (Å²) in [5.74, 6) is 1.23. The first kappa shape index (κ1) is 20.7. The monoisotopic (exact) mass is 380 g/mol. The van der Waals surface area contributed by atoms with Crippen LogP contribution in [-0.4, -0.2) is 72.5 Å². The highest BCUT2D eigenvalue weighted by Crippen LogP contribution is 2.15. The van der Waals surface area contributed by atoms with Gasteiger partial charge in [0.1, 0.15) is 11.9 Å². The number of likely N-dealkylation sites (N-methyl/N-ethyl adjacent to an activating group) is 1. The van der Waals surface area contributed by atoms with Gasteiger partial charge in [-0.3, -0.25) is 4.79 Å². The first-order valence-corrected chi connectivity index (χ1v) is 10.2. The van der Waals surface area contributed by atoms with Gasteiger partial charge < -0.3 is 20.9 Å². The van der Waals surface area contributed by atoms with E-state index in [-0.39, 0.29) is 17.8 Å². The first-order valence-electron chi connectivity index (χ1n) is 9.05. The number of amides is 1. The lowest BCUT2D eigenvalue weighted by Gasteiger charge is -2.36. The van der Waals surface area contributed by atoms with E-state index in [9.17, 15) is 9.18 Å². The summed E-state index contributed by atoms with van der Waals surface area (Å²) in [6.07, 6.45) is 0. The molecule has 5 nitrogen and oxygen atoms in total. The highest BCUT2D eigenvalue weighted by atomic mass is 32.2. The van der Waals surface area contributed by atoms with E-state index in [0.29, 0.717) is 18.0 Å². The average molecular weight is 381 g/mol. The van der Waals surface area contributed by atoms with Crippen molar-refractivity contribution in [3.05, 3.63) is 42.2 Å². The summed E-state index contributed by atoms with van der Waals surface area (Å²) in [6, 6.07) is 5.76. The van der Waals surface area contributed by atoms with E-state index in [0.717, 1.165) is 44.0 Å². The average Bonchev–Trinajstić information content (AvgIpc) is 2.67. The van der Waals surface area contributed by atoms with Gasteiger partial charge in [0.2, 0.25) is 5.91 Å². The zero-order valence-electron chi connectivity index (χ0n) is 15.4. The fraction of sp³-hybridized carbons (Fsp3) is 0.526. The van der Waals surface area contributed by atoms with Gasteiger partial charge in [0.05, 0.1) is 0 Å². The van der Waals surface area contributed by atoms with Crippen molar-refractivity contribution in [2.45, 2.75) is 13.0 Å². The Hall–Kier alpha value is -1.57. The summed E-state index contributed by atoms with van der Waals surface area (Å²) < 4.78 is 13.1. The van der Waals surface area contributed by atoms with Gasteiger partial charge in [-0.25, -0.2) is 4.39 Å². The van der Waals surface area contributed by atoms with Gasteiger partial charge in [-0.1, -0.05) is 25.6 Å². The third kappa shape index (κ3) is 6.00. The molecule has 0 unspecified atom stereocenters. The highest BCUT2D eigenvalue weighted by molar-refractivity contribution is 7.99. The molecule has 3 N–H and O–H groups in total. The SMILES string of the molecule is C=C(N[C@@H](CSCCN)C(=O)N1CCN(CC)CC1)c1ccc(F)cc1. The smallest absolute Gasteiger partial charge is 0.246 e. The lowest BCUT2D eigenvalue weighted by atomic mass is 10.1. The van der Waals surface area contributed by atoms with E-state index in [2.05, 4.69) is 23.7 Å². The number of nitrogens with one attached hydrogen (secondary N) is 1. The van der Waals surface area contributed by atoms with Crippen LogP contribution < -0.4 is 11.1 Å². The van der Waals surface area contributed by atoms with Crippen LogP contribution in [0.25, 0.3) is 5.70 Å². The molecule has 0 bridgehead atoms. The highest BCUT2D eigenvalue weighted by Gasteiger charge is 2.27. The molecule has 1 aromatic rings. The molecule has 0 aliphatic carbocycles. The second-order valence-corrected chi connectivity index (χ2v) is 7.46. The van der Waals surface area contributed by atoms with E-state index in [1.807, 2.05) is 4.90 Å². The summed E-state index contributed by atoms with van der Waals surface area (Å²) in [6.45, 7) is 11.1. The Morgan fingerprint density at radius 1 is 1.31 bits per heavy atom. The van der Waals surface area contributed by atoms with E-state index in [1.54, 1.807) is 23.9 Å². The molecule has 1 aromatic carbocycles. The number of nitrogens with zero attached hydrogens (tertiary/aromatic N) is 2. The molecule has 0 radical (unpaired) electrons. The Balaban J connectivity index is 2.01. The van der Waals surface area contributed by atoms with Gasteiger partial charge >= 0.3 is 0 Å². The third-order valence-corrected chi connectivity index (χ3v) is 5.61. The van der Waals surface area contributed by atoms with Crippen LogP contribution in [0.15, 0.2) is 30.8 Å². The minimum Gasteiger partial charge on any atom is -0.373 e. The van der Waals surface area contributed by atoms with Gasteiger partial charge in [-0.2, -0.15) is 11.8 Å². The second kappa shape index (κ2) is 10.5. The van der Waals surface area contributed by atoms with Gasteiger partial charge in [0.15, 0.2) is 0 Å². The summed E-state index contributed by atoms with van der Waals surface area (Å²) in [4.78, 5) is 17.3. The lowest BCUT2D eigenvalue weighted by Crippen LogP contribution is -2.54. The van der Waals surface area contributed by atoms with E-state index >= 15 is 0 Å². The normalized spacial score (nSPS) is 16.3. The number of hydrogen-bond acceptors (Lipinski definition) is 5. The van der Waals surface area contributed by atoms with Crippen LogP contribution in [0.1, 0.15) is 12.5 Å². The molecule has 144 valence electrons. The maximum Gasteiger partial charge on any atom is 0.246 e. The predicted octanol–water partition coefficient (Wildman–Crippen LogP) is 1.61. The van der Waals surface area contributed by atoms with E-state index < -0.39 is 0 Å². The van der Waals surface area contributed by atoms with Gasteiger partial charge in [0.25, 0.3) is 0 Å². The molecule has 1 heterocycles. The van der Waals surface area contributed by atoms with Crippen LogP contribution >= 0.6 is 11.8 Å². The molecule has 1 aliphatic rings. The van der Waals surface area contributed by atoms with E-state index in [4.69, 9.17) is 5.73 Å². The number of thioether (sulfide) groups is 1. The number of halogens is 1. The largest absolute Gasteiger partial charge is 0.373 e. The number of carbonyl (C=O) groups excluding carboxylic acids is 1. The summed E-state index contributed by atoms with van der Waals surface area (Å²) in [5.41, 5.74) is 6.99. The summed E-state index contributed by atoms with van der Waals surface area (Å²) >= 11 is 1.65. The van der Waals surface area contributed by atoms with Crippen LogP contribution in [-0.2, 0) is 4.79 Å². The van der Waals surface area contributed by atoms with Crippen molar-refractivity contribution in [1.29, 1.82) is 0 Å². The van der Waals surface area contributed by atoms with Crippen LogP contribution in [0.4, 0.5) is 4.39 Å². The minimum absolute atomic E-state index is 0.0912. The molecule has 1 atom stereocenters. The maximum absolute atomic E-state index is 13.1. The molecular weight excluding hydrogens is 351 g/mol. The van der Waals surface area contributed by atoms with Gasteiger partial charge in [-0.05, 0) is 24.2 Å². The van der Waals surface area contributed by atoms with Crippen molar-refractivity contribution in [2.75, 3.05) is 50.8 Å². The number of carbonyl (C=O) groups is 1. The summed E-state index contributed by atoms with van der Waals surface area (Å²) in [5, 5.41) is 3.25. The Kier molecular flexibility index (Phi) is 8.41. The van der Waals surface area contributed by atoms with Gasteiger partial charge in [-0.15, -0.1) is 0 Å². The molecule has 1 saturated heterocycles. The third-order valence-electron chi connectivity index (χ3n) is 4.52. The number of nitrogens with two attached hydrogens (primary N) is 1. The Bertz CT molecular complexity index is 588. The molecule has 1 amide bonds. The number of rotatable bonds is 9. The number of benzene rings is 1. The molecular formula is C19H29FN4OS. The molecule has 1 aliphatic heterocycles. The fourth-order valence-corrected chi connectivity index (χ4v) is 3.70. The van der Waals surface area contributed by atoms with Gasteiger partial charge in [0, 0.05) is 49.9 Å². The molecule has 7 heteroatoms. The molecule has 2 rings (SSSR count).